The van der Waals surface area contributed by atoms with Gasteiger partial charge in [0.05, 0.1) is 29.1 Å². The summed E-state index contributed by atoms with van der Waals surface area (Å²) in [6.07, 6.45) is 0.883. The minimum Gasteiger partial charge on any atom is -0.380 e. The smallest absolute Gasteiger partial charge is 0.263 e. The standard InChI is InChI=1S/C24H24N6O7S/c1-24(20(31)22(32)26-14-3-8-17-18(13-14)37-28-21(17)25)23(33)29(11-12-36-24)19-9-10-30(27-19)15-4-6-16(7-5-15)38(2,34)35/h3-10,13,20,31H,11-12H2,1-2H3,(H2,25,28)(H,26,32). The van der Waals surface area contributed by atoms with E-state index in [0.29, 0.717) is 22.3 Å². The highest BCUT2D eigenvalue weighted by atomic mass is 32.2. The Morgan fingerprint density at radius 3 is 2.66 bits per heavy atom. The number of carbonyl (C=O) groups is 2. The number of sulfone groups is 1. The maximum Gasteiger partial charge on any atom is 0.263 e. The number of hydrogen-bond donors (Lipinski definition) is 3. The van der Waals surface area contributed by atoms with Gasteiger partial charge in [0, 0.05) is 30.3 Å². The molecular weight excluding hydrogens is 516 g/mol. The number of aliphatic hydroxyl groups excluding tert-OH is 1. The summed E-state index contributed by atoms with van der Waals surface area (Å²) in [6.45, 7) is 1.54. The molecule has 38 heavy (non-hydrogen) atoms. The maximum absolute atomic E-state index is 13.4. The molecule has 4 aromatic rings. The van der Waals surface area contributed by atoms with Crippen LogP contribution < -0.4 is 16.0 Å². The molecule has 2 unspecified atom stereocenters. The maximum atomic E-state index is 13.4. The van der Waals surface area contributed by atoms with Crippen molar-refractivity contribution >= 4 is 49.9 Å². The van der Waals surface area contributed by atoms with Crippen LogP contribution in [0.3, 0.4) is 0 Å². The number of amides is 2. The number of nitrogens with two attached hydrogens (primary N) is 1. The van der Waals surface area contributed by atoms with Gasteiger partial charge in [-0.1, -0.05) is 5.16 Å². The summed E-state index contributed by atoms with van der Waals surface area (Å²) in [5, 5.41) is 22.1. The van der Waals surface area contributed by atoms with Crippen molar-refractivity contribution in [1.82, 2.24) is 14.9 Å². The van der Waals surface area contributed by atoms with Gasteiger partial charge in [-0.15, -0.1) is 5.10 Å². The van der Waals surface area contributed by atoms with Gasteiger partial charge in [0.2, 0.25) is 0 Å². The summed E-state index contributed by atoms with van der Waals surface area (Å²) < 4.78 is 35.6. The number of nitrogen functional groups attached to an aromatic ring is 1. The fraction of sp³-hybridized carbons (Fsp3) is 0.250. The molecule has 2 aromatic carbocycles. The van der Waals surface area contributed by atoms with E-state index in [9.17, 15) is 23.1 Å². The average Bonchev–Trinajstić information content (AvgIpc) is 3.52. The van der Waals surface area contributed by atoms with Crippen molar-refractivity contribution in [1.29, 1.82) is 0 Å². The fourth-order valence-electron chi connectivity index (χ4n) is 4.14. The first-order chi connectivity index (χ1) is 18.0. The predicted octanol–water partition coefficient (Wildman–Crippen LogP) is 1.12. The second-order valence-corrected chi connectivity index (χ2v) is 11.0. The third kappa shape index (κ3) is 4.49. The molecule has 13 nitrogen and oxygen atoms in total. The number of ether oxygens (including phenoxy) is 1. The summed E-state index contributed by atoms with van der Waals surface area (Å²) in [5.74, 6) is -1.02. The molecule has 14 heteroatoms. The van der Waals surface area contributed by atoms with Crippen LogP contribution in [0.2, 0.25) is 0 Å². The van der Waals surface area contributed by atoms with Crippen LogP contribution in [0, 0.1) is 0 Å². The SMILES string of the molecule is CC1(C(O)C(=O)Nc2ccc3c(N)noc3c2)OCCN(c2ccn(-c3ccc(S(C)(=O)=O)cc3)n2)C1=O. The molecule has 2 atom stereocenters. The van der Waals surface area contributed by atoms with E-state index < -0.39 is 33.4 Å². The molecule has 4 N–H and O–H groups in total. The molecule has 0 aliphatic carbocycles. The number of nitrogens with one attached hydrogen (secondary N) is 1. The number of nitrogens with zero attached hydrogens (tertiary/aromatic N) is 4. The second-order valence-electron chi connectivity index (χ2n) is 8.97. The zero-order valence-electron chi connectivity index (χ0n) is 20.4. The predicted molar refractivity (Wildman–Crippen MR) is 136 cm³/mol. The molecule has 3 heterocycles. The quantitative estimate of drug-likeness (QED) is 0.320. The number of carbonyl (C=O) groups excluding carboxylic acids is 2. The highest BCUT2D eigenvalue weighted by Gasteiger charge is 2.51. The van der Waals surface area contributed by atoms with Gasteiger partial charge in [-0.05, 0) is 43.3 Å². The van der Waals surface area contributed by atoms with Gasteiger partial charge in [-0.2, -0.15) is 0 Å². The summed E-state index contributed by atoms with van der Waals surface area (Å²) >= 11 is 0. The zero-order chi connectivity index (χ0) is 27.2. The Labute approximate surface area is 216 Å². The van der Waals surface area contributed by atoms with Crippen LogP contribution in [-0.2, 0) is 24.2 Å². The molecule has 2 aromatic heterocycles. The monoisotopic (exact) mass is 540 g/mol. The Hall–Kier alpha value is -4.27. The molecule has 1 saturated heterocycles. The first kappa shape index (κ1) is 25.4. The largest absolute Gasteiger partial charge is 0.380 e. The minimum absolute atomic E-state index is 0.0474. The van der Waals surface area contributed by atoms with Crippen LogP contribution in [0.1, 0.15) is 6.92 Å². The number of aliphatic hydroxyl groups is 1. The van der Waals surface area contributed by atoms with Crippen LogP contribution in [0.4, 0.5) is 17.3 Å². The molecule has 0 radical (unpaired) electrons. The van der Waals surface area contributed by atoms with E-state index >= 15 is 0 Å². The Morgan fingerprint density at radius 2 is 1.95 bits per heavy atom. The molecule has 1 aliphatic rings. The number of hydrogen-bond acceptors (Lipinski definition) is 10. The van der Waals surface area contributed by atoms with E-state index in [0.717, 1.165) is 6.26 Å². The Bertz CT molecular complexity index is 1650. The van der Waals surface area contributed by atoms with Gasteiger partial charge in [-0.25, -0.2) is 13.1 Å². The summed E-state index contributed by atoms with van der Waals surface area (Å²) in [6, 6.07) is 12.4. The van der Waals surface area contributed by atoms with Crippen LogP contribution in [-0.4, -0.2) is 71.4 Å². The number of morpholine rings is 1. The van der Waals surface area contributed by atoms with Gasteiger partial charge >= 0.3 is 0 Å². The first-order valence-electron chi connectivity index (χ1n) is 11.4. The summed E-state index contributed by atoms with van der Waals surface area (Å²) in [4.78, 5) is 27.8. The Morgan fingerprint density at radius 1 is 1.21 bits per heavy atom. The third-order valence-electron chi connectivity index (χ3n) is 6.31. The zero-order valence-corrected chi connectivity index (χ0v) is 21.2. The van der Waals surface area contributed by atoms with Crippen LogP contribution >= 0.6 is 0 Å². The van der Waals surface area contributed by atoms with Crippen molar-refractivity contribution in [3.63, 3.8) is 0 Å². The average molecular weight is 541 g/mol. The number of fused-ring (bicyclic) bond motifs is 1. The molecular formula is C24H24N6O7S. The van der Waals surface area contributed by atoms with Crippen molar-refractivity contribution in [2.24, 2.45) is 0 Å². The molecule has 0 spiro atoms. The van der Waals surface area contributed by atoms with Gasteiger partial charge in [0.1, 0.15) is 0 Å². The van der Waals surface area contributed by atoms with Gasteiger partial charge in [0.25, 0.3) is 11.8 Å². The second kappa shape index (κ2) is 9.24. The van der Waals surface area contributed by atoms with E-state index in [4.69, 9.17) is 15.0 Å². The molecule has 198 valence electrons. The molecule has 1 aliphatic heterocycles. The normalized spacial score (nSPS) is 19.0. The Kier molecular flexibility index (Phi) is 6.17. The third-order valence-corrected chi connectivity index (χ3v) is 7.43. The highest BCUT2D eigenvalue weighted by Crippen LogP contribution is 2.29. The van der Waals surface area contributed by atoms with Gasteiger partial charge in [0.15, 0.2) is 38.8 Å². The number of anilines is 3. The lowest BCUT2D eigenvalue weighted by atomic mass is 9.94. The number of aromatic nitrogens is 3. The van der Waals surface area contributed by atoms with Gasteiger partial charge in [-0.3, -0.25) is 14.5 Å². The Balaban J connectivity index is 1.33. The fourth-order valence-corrected chi connectivity index (χ4v) is 4.77. The summed E-state index contributed by atoms with van der Waals surface area (Å²) in [5.41, 5.74) is 5.05. The molecule has 2 amide bonds. The molecule has 1 fully saturated rings. The molecule has 5 rings (SSSR count). The van der Waals surface area contributed by atoms with Crippen molar-refractivity contribution in [2.45, 2.75) is 23.5 Å². The summed E-state index contributed by atoms with van der Waals surface area (Å²) in [7, 11) is -3.34. The van der Waals surface area contributed by atoms with E-state index in [2.05, 4.69) is 15.6 Å². The van der Waals surface area contributed by atoms with E-state index in [1.54, 1.807) is 36.5 Å². The lowest BCUT2D eigenvalue weighted by Gasteiger charge is -2.40. The highest BCUT2D eigenvalue weighted by molar-refractivity contribution is 7.90. The molecule has 0 saturated carbocycles. The topological polar surface area (TPSA) is 183 Å². The van der Waals surface area contributed by atoms with Gasteiger partial charge < -0.3 is 25.4 Å². The number of benzene rings is 2. The lowest BCUT2D eigenvalue weighted by Crippen LogP contribution is -2.63. The molecule has 0 bridgehead atoms. The van der Waals surface area contributed by atoms with Crippen LogP contribution in [0.5, 0.6) is 0 Å². The van der Waals surface area contributed by atoms with Crippen LogP contribution in [0.15, 0.2) is 64.1 Å². The van der Waals surface area contributed by atoms with Crippen molar-refractivity contribution in [3.8, 4) is 5.69 Å². The van der Waals surface area contributed by atoms with E-state index in [1.165, 1.54) is 34.7 Å². The van der Waals surface area contributed by atoms with Crippen molar-refractivity contribution in [2.75, 3.05) is 35.4 Å². The lowest BCUT2D eigenvalue weighted by molar-refractivity contribution is -0.170. The van der Waals surface area contributed by atoms with Crippen LogP contribution in [0.25, 0.3) is 16.7 Å². The van der Waals surface area contributed by atoms with E-state index in [-0.39, 0.29) is 29.7 Å². The van der Waals surface area contributed by atoms with Crippen molar-refractivity contribution in [3.05, 3.63) is 54.7 Å². The van der Waals surface area contributed by atoms with Crippen molar-refractivity contribution < 1.29 is 32.4 Å². The number of rotatable bonds is 6. The first-order valence-corrected chi connectivity index (χ1v) is 13.3. The minimum atomic E-state index is -3.34. The van der Waals surface area contributed by atoms with E-state index in [1.807, 2.05) is 0 Å².